The number of hydrogen-bond donors (Lipinski definition) is 1. The lowest BCUT2D eigenvalue weighted by Gasteiger charge is -2.32. The van der Waals surface area contributed by atoms with Gasteiger partial charge in [-0.1, -0.05) is 25.0 Å². The molecule has 5 rings (SSSR count). The second kappa shape index (κ2) is 10.7. The summed E-state index contributed by atoms with van der Waals surface area (Å²) >= 11 is 0. The first kappa shape index (κ1) is 24.3. The van der Waals surface area contributed by atoms with Gasteiger partial charge in [0.1, 0.15) is 24.2 Å². The van der Waals surface area contributed by atoms with Gasteiger partial charge >= 0.3 is 0 Å². The number of amides is 2. The minimum Gasteiger partial charge on any atom is -0.458 e. The molecule has 1 fully saturated rings. The maximum atomic E-state index is 15.1. The topological polar surface area (TPSA) is 119 Å². The first-order valence-electron chi connectivity index (χ1n) is 12.1. The SMILES string of the molecule is Cc1ccc(-c2nnn(CC(=O)N(c3ccccc3F)[C@H](C(=O)NC3CCCC3)c3ccncc3)n2)o1. The molecular formula is C26H26FN7O3. The van der Waals surface area contributed by atoms with Gasteiger partial charge in [-0.05, 0) is 66.9 Å². The zero-order valence-electron chi connectivity index (χ0n) is 20.2. The van der Waals surface area contributed by atoms with Crippen LogP contribution in [0.5, 0.6) is 0 Å². The van der Waals surface area contributed by atoms with Gasteiger partial charge in [0.2, 0.25) is 11.7 Å². The highest BCUT2D eigenvalue weighted by molar-refractivity contribution is 6.01. The van der Waals surface area contributed by atoms with Gasteiger partial charge in [-0.15, -0.1) is 10.2 Å². The second-order valence-electron chi connectivity index (χ2n) is 8.94. The van der Waals surface area contributed by atoms with Crippen LogP contribution in [0.15, 0.2) is 65.3 Å². The first-order chi connectivity index (χ1) is 18.0. The predicted molar refractivity (Wildman–Crippen MR) is 132 cm³/mol. The smallest absolute Gasteiger partial charge is 0.251 e. The number of nitrogens with one attached hydrogen (secondary N) is 1. The van der Waals surface area contributed by atoms with Crippen LogP contribution in [0.4, 0.5) is 10.1 Å². The van der Waals surface area contributed by atoms with Gasteiger partial charge in [0.05, 0.1) is 5.69 Å². The number of rotatable bonds is 8. The van der Waals surface area contributed by atoms with Crippen molar-refractivity contribution in [2.75, 3.05) is 4.90 Å². The van der Waals surface area contributed by atoms with Crippen molar-refractivity contribution >= 4 is 17.5 Å². The lowest BCUT2D eigenvalue weighted by Crippen LogP contribution is -2.47. The number of pyridine rings is 1. The lowest BCUT2D eigenvalue weighted by molar-refractivity contribution is -0.127. The summed E-state index contributed by atoms with van der Waals surface area (Å²) in [6.45, 7) is 1.42. The molecule has 0 unspecified atom stereocenters. The Morgan fingerprint density at radius 2 is 1.89 bits per heavy atom. The molecule has 190 valence electrons. The summed E-state index contributed by atoms with van der Waals surface area (Å²) in [5.41, 5.74) is 0.471. The van der Waals surface area contributed by atoms with Gasteiger partial charge in [-0.2, -0.15) is 4.80 Å². The van der Waals surface area contributed by atoms with E-state index in [1.54, 1.807) is 37.3 Å². The fraction of sp³-hybridized carbons (Fsp3) is 0.308. The number of tetrazole rings is 1. The van der Waals surface area contributed by atoms with Crippen LogP contribution in [0.25, 0.3) is 11.6 Å². The van der Waals surface area contributed by atoms with Crippen LogP contribution < -0.4 is 10.2 Å². The molecule has 0 spiro atoms. The summed E-state index contributed by atoms with van der Waals surface area (Å²) in [4.78, 5) is 33.7. The second-order valence-corrected chi connectivity index (χ2v) is 8.94. The van der Waals surface area contributed by atoms with Crippen LogP contribution in [0.1, 0.15) is 43.0 Å². The zero-order valence-corrected chi connectivity index (χ0v) is 20.2. The van der Waals surface area contributed by atoms with Crippen LogP contribution >= 0.6 is 0 Å². The van der Waals surface area contributed by atoms with E-state index in [4.69, 9.17) is 4.42 Å². The molecule has 3 heterocycles. The molecule has 37 heavy (non-hydrogen) atoms. The molecule has 4 aromatic rings. The Kier molecular flexibility index (Phi) is 7.02. The Bertz CT molecular complexity index is 1380. The fourth-order valence-electron chi connectivity index (χ4n) is 4.54. The van der Waals surface area contributed by atoms with E-state index >= 15 is 4.39 Å². The molecule has 3 aromatic heterocycles. The Labute approximate surface area is 212 Å². The van der Waals surface area contributed by atoms with E-state index in [9.17, 15) is 9.59 Å². The van der Waals surface area contributed by atoms with Crippen LogP contribution in [0.2, 0.25) is 0 Å². The van der Waals surface area contributed by atoms with Crippen molar-refractivity contribution in [1.82, 2.24) is 30.5 Å². The van der Waals surface area contributed by atoms with Crippen molar-refractivity contribution in [3.63, 3.8) is 0 Å². The molecule has 0 radical (unpaired) electrons. The number of nitrogens with zero attached hydrogens (tertiary/aromatic N) is 6. The van der Waals surface area contributed by atoms with Gasteiger partial charge in [-0.25, -0.2) is 4.39 Å². The molecule has 1 aromatic carbocycles. The number of aryl methyl sites for hydroxylation is 1. The average Bonchev–Trinajstić information content (AvgIpc) is 3.66. The van der Waals surface area contributed by atoms with E-state index < -0.39 is 23.7 Å². The highest BCUT2D eigenvalue weighted by Gasteiger charge is 2.36. The van der Waals surface area contributed by atoms with E-state index in [1.807, 2.05) is 0 Å². The molecule has 1 aliphatic rings. The Morgan fingerprint density at radius 1 is 1.14 bits per heavy atom. The lowest BCUT2D eigenvalue weighted by atomic mass is 10.0. The molecule has 1 aliphatic carbocycles. The van der Waals surface area contributed by atoms with Crippen molar-refractivity contribution in [2.24, 2.45) is 0 Å². The normalized spacial score (nSPS) is 14.4. The molecule has 0 saturated heterocycles. The number of benzene rings is 1. The van der Waals surface area contributed by atoms with E-state index in [0.717, 1.165) is 35.4 Å². The molecule has 1 saturated carbocycles. The fourth-order valence-corrected chi connectivity index (χ4v) is 4.54. The Balaban J connectivity index is 1.50. The van der Waals surface area contributed by atoms with Crippen molar-refractivity contribution < 1.29 is 18.4 Å². The number of hydrogen-bond acceptors (Lipinski definition) is 7. The number of carbonyl (C=O) groups is 2. The van der Waals surface area contributed by atoms with E-state index in [-0.39, 0.29) is 24.1 Å². The number of aromatic nitrogens is 5. The largest absolute Gasteiger partial charge is 0.458 e. The van der Waals surface area contributed by atoms with Crippen molar-refractivity contribution in [2.45, 2.75) is 51.2 Å². The van der Waals surface area contributed by atoms with Gasteiger partial charge in [0.15, 0.2) is 5.76 Å². The summed E-state index contributed by atoms with van der Waals surface area (Å²) in [5.74, 6) is -0.319. The molecule has 1 atom stereocenters. The molecular weight excluding hydrogens is 477 g/mol. The van der Waals surface area contributed by atoms with Crippen molar-refractivity contribution in [1.29, 1.82) is 0 Å². The molecule has 11 heteroatoms. The van der Waals surface area contributed by atoms with Crippen LogP contribution in [0.3, 0.4) is 0 Å². The highest BCUT2D eigenvalue weighted by Crippen LogP contribution is 2.31. The summed E-state index contributed by atoms with van der Waals surface area (Å²) in [5, 5.41) is 15.2. The first-order valence-corrected chi connectivity index (χ1v) is 12.1. The summed E-state index contributed by atoms with van der Waals surface area (Å²) in [6.07, 6.45) is 6.84. The van der Waals surface area contributed by atoms with Gasteiger partial charge in [0, 0.05) is 18.4 Å². The third-order valence-electron chi connectivity index (χ3n) is 6.30. The minimum absolute atomic E-state index is 0.00528. The summed E-state index contributed by atoms with van der Waals surface area (Å²) in [7, 11) is 0. The van der Waals surface area contributed by atoms with Crippen molar-refractivity contribution in [3.8, 4) is 11.6 Å². The standard InChI is InChI=1S/C26H26FN7O3/c1-17-10-11-22(37-17)25-30-32-33(31-25)16-23(35)34(21-9-5-4-8-20(21)27)24(18-12-14-28-15-13-18)26(36)29-19-6-2-3-7-19/h4-5,8-15,19,24H,2-3,6-7,16H2,1H3,(H,29,36)/t24-/m0/s1. The third kappa shape index (κ3) is 5.40. The number of furan rings is 1. The monoisotopic (exact) mass is 503 g/mol. The van der Waals surface area contributed by atoms with E-state index in [2.05, 4.69) is 25.7 Å². The van der Waals surface area contributed by atoms with Crippen LogP contribution in [0, 0.1) is 12.7 Å². The number of halogens is 1. The third-order valence-corrected chi connectivity index (χ3v) is 6.30. The maximum Gasteiger partial charge on any atom is 0.251 e. The maximum absolute atomic E-state index is 15.1. The molecule has 10 nitrogen and oxygen atoms in total. The average molecular weight is 504 g/mol. The number of para-hydroxylation sites is 1. The summed E-state index contributed by atoms with van der Waals surface area (Å²) in [6, 6.07) is 11.5. The van der Waals surface area contributed by atoms with Crippen LogP contribution in [-0.4, -0.2) is 43.0 Å². The van der Waals surface area contributed by atoms with Crippen molar-refractivity contribution in [3.05, 3.63) is 78.1 Å². The van der Waals surface area contributed by atoms with Gasteiger partial charge in [-0.3, -0.25) is 19.5 Å². The molecule has 0 bridgehead atoms. The quantitative estimate of drug-likeness (QED) is 0.390. The zero-order chi connectivity index (χ0) is 25.8. The molecule has 2 amide bonds. The Hall–Kier alpha value is -4.41. The predicted octanol–water partition coefficient (Wildman–Crippen LogP) is 3.61. The Morgan fingerprint density at radius 3 is 2.59 bits per heavy atom. The van der Waals surface area contributed by atoms with E-state index in [1.165, 1.54) is 30.6 Å². The van der Waals surface area contributed by atoms with Gasteiger partial charge < -0.3 is 9.73 Å². The number of carbonyl (C=O) groups excluding carboxylic acids is 2. The molecule has 0 aliphatic heterocycles. The molecule has 1 N–H and O–H groups in total. The summed E-state index contributed by atoms with van der Waals surface area (Å²) < 4.78 is 20.6. The van der Waals surface area contributed by atoms with E-state index in [0.29, 0.717) is 17.1 Å². The minimum atomic E-state index is -1.14. The number of anilines is 1. The van der Waals surface area contributed by atoms with Crippen LogP contribution in [-0.2, 0) is 16.1 Å². The van der Waals surface area contributed by atoms with Gasteiger partial charge in [0.25, 0.3) is 5.91 Å². The highest BCUT2D eigenvalue weighted by atomic mass is 19.1.